The predicted molar refractivity (Wildman–Crippen MR) is 143 cm³/mol. The van der Waals surface area contributed by atoms with E-state index in [1.807, 2.05) is 13.1 Å². The van der Waals surface area contributed by atoms with Crippen molar-refractivity contribution in [2.24, 2.45) is 18.9 Å². The minimum absolute atomic E-state index is 0.0588. The second kappa shape index (κ2) is 9.63. The zero-order valence-electron chi connectivity index (χ0n) is 22.4. The Labute approximate surface area is 229 Å². The Kier molecular flexibility index (Phi) is 6.33. The zero-order chi connectivity index (χ0) is 28.2. The fraction of sp³-hybridized carbons (Fsp3) is 0.448. The maximum absolute atomic E-state index is 14.3. The summed E-state index contributed by atoms with van der Waals surface area (Å²) in [6, 6.07) is 10.7. The van der Waals surface area contributed by atoms with Crippen LogP contribution < -0.4 is 5.56 Å². The smallest absolute Gasteiger partial charge is 0.353 e. The standard InChI is InChI=1S/C29H30F3N7O/c1-18-5-4-8-38(14-18)15-21-10-23-24(29(30,31)32)16-39(26(40)25(23)35-21)22-7-3-6-20(9-22)28(11-19(12-28)13-33)27-36-34-17-37(27)2/h3,6-7,9-10,16-19,35H,4-5,8,11-12,14-15H2,1-2H3/t18-,19?,28?/m0/s1. The quantitative estimate of drug-likeness (QED) is 0.381. The molecule has 1 saturated carbocycles. The third kappa shape index (κ3) is 4.40. The average Bonchev–Trinajstić information content (AvgIpc) is 3.50. The normalized spacial score (nSPS) is 23.7. The number of H-pyrrole nitrogens is 1. The van der Waals surface area contributed by atoms with Gasteiger partial charge in [-0.2, -0.15) is 18.4 Å². The van der Waals surface area contributed by atoms with Crippen molar-refractivity contribution >= 4 is 10.9 Å². The van der Waals surface area contributed by atoms with Crippen molar-refractivity contribution in [2.75, 3.05) is 13.1 Å². The number of aryl methyl sites for hydroxylation is 1. The molecular weight excluding hydrogens is 519 g/mol. The van der Waals surface area contributed by atoms with E-state index in [2.05, 4.69) is 33.1 Å². The monoisotopic (exact) mass is 549 g/mol. The van der Waals surface area contributed by atoms with Gasteiger partial charge in [-0.25, -0.2) is 0 Å². The maximum atomic E-state index is 14.3. The Bertz CT molecular complexity index is 1670. The van der Waals surface area contributed by atoms with Gasteiger partial charge in [-0.3, -0.25) is 14.3 Å². The topological polar surface area (TPSA) is 95.5 Å². The van der Waals surface area contributed by atoms with Gasteiger partial charge < -0.3 is 9.55 Å². The molecule has 0 unspecified atom stereocenters. The number of pyridine rings is 1. The molecule has 1 aromatic carbocycles. The zero-order valence-corrected chi connectivity index (χ0v) is 22.4. The highest BCUT2D eigenvalue weighted by Gasteiger charge is 2.50. The molecule has 0 spiro atoms. The van der Waals surface area contributed by atoms with Crippen molar-refractivity contribution in [3.05, 3.63) is 75.9 Å². The van der Waals surface area contributed by atoms with Crippen LogP contribution in [0.3, 0.4) is 0 Å². The minimum atomic E-state index is -4.65. The number of fused-ring (bicyclic) bond motifs is 1. The van der Waals surface area contributed by atoms with Gasteiger partial charge in [0.05, 0.1) is 17.0 Å². The summed E-state index contributed by atoms with van der Waals surface area (Å²) >= 11 is 0. The summed E-state index contributed by atoms with van der Waals surface area (Å²) in [7, 11) is 1.82. The highest BCUT2D eigenvalue weighted by Crippen LogP contribution is 2.51. The number of nitriles is 1. The summed E-state index contributed by atoms with van der Waals surface area (Å²) in [4.78, 5) is 18.9. The fourth-order valence-corrected chi connectivity index (χ4v) is 6.53. The molecule has 4 aromatic rings. The molecule has 40 heavy (non-hydrogen) atoms. The predicted octanol–water partition coefficient (Wildman–Crippen LogP) is 4.92. The molecule has 6 rings (SSSR count). The fourth-order valence-electron chi connectivity index (χ4n) is 6.53. The number of hydrogen-bond donors (Lipinski definition) is 1. The van der Waals surface area contributed by atoms with Gasteiger partial charge in [0.25, 0.3) is 5.56 Å². The van der Waals surface area contributed by atoms with E-state index >= 15 is 0 Å². The Morgan fingerprint density at radius 3 is 2.73 bits per heavy atom. The van der Waals surface area contributed by atoms with E-state index in [1.165, 1.54) is 6.07 Å². The summed E-state index contributed by atoms with van der Waals surface area (Å²) in [6.45, 7) is 4.39. The second-order valence-electron chi connectivity index (χ2n) is 11.4. The van der Waals surface area contributed by atoms with Crippen molar-refractivity contribution < 1.29 is 13.2 Å². The van der Waals surface area contributed by atoms with Crippen LogP contribution in [0.1, 0.15) is 55.3 Å². The Hall–Kier alpha value is -3.91. The van der Waals surface area contributed by atoms with E-state index in [4.69, 9.17) is 0 Å². The molecule has 11 heteroatoms. The van der Waals surface area contributed by atoms with E-state index < -0.39 is 22.7 Å². The molecule has 8 nitrogen and oxygen atoms in total. The van der Waals surface area contributed by atoms with Crippen LogP contribution >= 0.6 is 0 Å². The lowest BCUT2D eigenvalue weighted by molar-refractivity contribution is -0.136. The molecule has 2 fully saturated rings. The second-order valence-corrected chi connectivity index (χ2v) is 11.4. The van der Waals surface area contributed by atoms with E-state index in [-0.39, 0.29) is 16.8 Å². The van der Waals surface area contributed by atoms with Gasteiger partial charge in [0.2, 0.25) is 0 Å². The number of piperidine rings is 1. The van der Waals surface area contributed by atoms with Crippen LogP contribution in [0.2, 0.25) is 0 Å². The summed E-state index contributed by atoms with van der Waals surface area (Å²) in [5.74, 6) is 1.03. The van der Waals surface area contributed by atoms with Gasteiger partial charge in [0, 0.05) is 49.0 Å². The first kappa shape index (κ1) is 26.3. The molecule has 208 valence electrons. The first-order valence-electron chi connectivity index (χ1n) is 13.5. The van der Waals surface area contributed by atoms with Gasteiger partial charge in [-0.05, 0) is 61.9 Å². The lowest BCUT2D eigenvalue weighted by Crippen LogP contribution is -2.43. The number of hydrogen-bond acceptors (Lipinski definition) is 5. The summed E-state index contributed by atoms with van der Waals surface area (Å²) in [6.07, 6.45) is 1.04. The number of likely N-dealkylation sites (tertiary alicyclic amines) is 1. The third-order valence-electron chi connectivity index (χ3n) is 8.48. The summed E-state index contributed by atoms with van der Waals surface area (Å²) < 4.78 is 45.8. The van der Waals surface area contributed by atoms with Crippen molar-refractivity contribution in [3.8, 4) is 11.8 Å². The molecule has 1 aliphatic heterocycles. The van der Waals surface area contributed by atoms with Gasteiger partial charge in [-0.1, -0.05) is 19.1 Å². The van der Waals surface area contributed by atoms with Crippen molar-refractivity contribution in [1.29, 1.82) is 5.26 Å². The van der Waals surface area contributed by atoms with Crippen LogP contribution in [0.25, 0.3) is 16.6 Å². The first-order valence-corrected chi connectivity index (χ1v) is 13.5. The number of rotatable bonds is 5. The van der Waals surface area contributed by atoms with Crippen LogP contribution in [-0.4, -0.2) is 42.3 Å². The van der Waals surface area contributed by atoms with E-state index in [0.29, 0.717) is 42.5 Å². The summed E-state index contributed by atoms with van der Waals surface area (Å²) in [5.41, 5.74) is -0.397. The SMILES string of the molecule is C[C@H]1CCCN(Cc2cc3c(C(F)(F)F)cn(-c4cccc(C5(c6nncn6C)CC(C#N)C5)c4)c(=O)c3[nH]2)C1. The van der Waals surface area contributed by atoms with Crippen molar-refractivity contribution in [2.45, 2.75) is 50.7 Å². The molecule has 0 bridgehead atoms. The van der Waals surface area contributed by atoms with Crippen LogP contribution in [-0.2, 0) is 25.2 Å². The number of nitrogens with zero attached hydrogens (tertiary/aromatic N) is 6. The van der Waals surface area contributed by atoms with Gasteiger partial charge in [0.15, 0.2) is 0 Å². The molecule has 4 heterocycles. The number of halogens is 3. The van der Waals surface area contributed by atoms with Crippen LogP contribution in [0.15, 0.2) is 47.7 Å². The van der Waals surface area contributed by atoms with E-state index in [1.54, 1.807) is 29.1 Å². The highest BCUT2D eigenvalue weighted by molar-refractivity contribution is 5.84. The number of alkyl halides is 3. The molecule has 1 aliphatic carbocycles. The highest BCUT2D eigenvalue weighted by atomic mass is 19.4. The molecule has 2 aliphatic rings. The molecule has 0 radical (unpaired) electrons. The molecule has 1 atom stereocenters. The van der Waals surface area contributed by atoms with Gasteiger partial charge >= 0.3 is 6.18 Å². The van der Waals surface area contributed by atoms with Crippen LogP contribution in [0.4, 0.5) is 13.2 Å². The number of nitrogens with one attached hydrogen (secondary N) is 1. The number of benzene rings is 1. The number of aromatic amines is 1. The lowest BCUT2D eigenvalue weighted by atomic mass is 9.58. The minimum Gasteiger partial charge on any atom is -0.353 e. The van der Waals surface area contributed by atoms with Gasteiger partial charge in [0.1, 0.15) is 17.7 Å². The van der Waals surface area contributed by atoms with E-state index in [0.717, 1.165) is 42.3 Å². The third-order valence-corrected chi connectivity index (χ3v) is 8.48. The Balaban J connectivity index is 1.45. The maximum Gasteiger partial charge on any atom is 0.418 e. The molecule has 0 amide bonds. The van der Waals surface area contributed by atoms with Crippen LogP contribution in [0.5, 0.6) is 0 Å². The molecular formula is C29H30F3N7O. The van der Waals surface area contributed by atoms with Gasteiger partial charge in [-0.15, -0.1) is 10.2 Å². The van der Waals surface area contributed by atoms with Crippen molar-refractivity contribution in [3.63, 3.8) is 0 Å². The summed E-state index contributed by atoms with van der Waals surface area (Å²) in [5, 5.41) is 17.7. The molecule has 1 N–H and O–H groups in total. The van der Waals surface area contributed by atoms with Crippen molar-refractivity contribution in [1.82, 2.24) is 29.2 Å². The number of aromatic nitrogens is 5. The lowest BCUT2D eigenvalue weighted by Gasteiger charge is -2.44. The van der Waals surface area contributed by atoms with E-state index in [9.17, 15) is 23.2 Å². The average molecular weight is 550 g/mol. The Morgan fingerprint density at radius 1 is 1.25 bits per heavy atom. The Morgan fingerprint density at radius 2 is 2.05 bits per heavy atom. The first-order chi connectivity index (χ1) is 19.1. The molecule has 3 aromatic heterocycles. The largest absolute Gasteiger partial charge is 0.418 e. The molecule has 1 saturated heterocycles. The van der Waals surface area contributed by atoms with Crippen LogP contribution in [0, 0.1) is 23.2 Å².